The van der Waals surface area contributed by atoms with Crippen molar-refractivity contribution in [2.45, 2.75) is 25.5 Å². The summed E-state index contributed by atoms with van der Waals surface area (Å²) in [5, 5.41) is 15.3. The van der Waals surface area contributed by atoms with Crippen LogP contribution in [-0.2, 0) is 0 Å². The lowest BCUT2D eigenvalue weighted by Gasteiger charge is -2.17. The lowest BCUT2D eigenvalue weighted by atomic mass is 10.1. The van der Waals surface area contributed by atoms with Crippen molar-refractivity contribution >= 4 is 28.8 Å². The third kappa shape index (κ3) is 4.22. The molecule has 6 heteroatoms. The molecule has 2 aromatic rings. The molecule has 0 saturated heterocycles. The van der Waals surface area contributed by atoms with Gasteiger partial charge in [0.15, 0.2) is 0 Å². The van der Waals surface area contributed by atoms with Crippen molar-refractivity contribution in [2.24, 2.45) is 0 Å². The van der Waals surface area contributed by atoms with Crippen LogP contribution in [0, 0.1) is 0 Å². The van der Waals surface area contributed by atoms with Crippen LogP contribution in [0.4, 0.5) is 0 Å². The maximum Gasteiger partial charge on any atom is 0.251 e. The molecule has 1 amide bonds. The Hall–Kier alpha value is -1.56. The van der Waals surface area contributed by atoms with Gasteiger partial charge in [-0.05, 0) is 43.0 Å². The van der Waals surface area contributed by atoms with Gasteiger partial charge >= 0.3 is 0 Å². The van der Waals surface area contributed by atoms with Crippen LogP contribution in [0.25, 0.3) is 0 Å². The van der Waals surface area contributed by atoms with Gasteiger partial charge in [-0.25, -0.2) is 0 Å². The van der Waals surface area contributed by atoms with Crippen LogP contribution in [-0.4, -0.2) is 24.2 Å². The minimum atomic E-state index is -0.574. The average Bonchev–Trinajstić information content (AvgIpc) is 3.01. The Kier molecular flexibility index (Phi) is 5.83. The summed E-state index contributed by atoms with van der Waals surface area (Å²) in [6.45, 7) is 1.86. The summed E-state index contributed by atoms with van der Waals surface area (Å²) in [5.41, 5.74) is 0.471. The number of amides is 1. The zero-order valence-corrected chi connectivity index (χ0v) is 13.9. The van der Waals surface area contributed by atoms with Crippen LogP contribution in [0.3, 0.4) is 0 Å². The lowest BCUT2D eigenvalue weighted by molar-refractivity contribution is 0.0918. The van der Waals surface area contributed by atoms with Gasteiger partial charge in [0.1, 0.15) is 5.75 Å². The number of nitrogens with one attached hydrogen (secondary N) is 1. The highest BCUT2D eigenvalue weighted by Crippen LogP contribution is 2.25. The van der Waals surface area contributed by atoms with E-state index in [-0.39, 0.29) is 11.9 Å². The summed E-state index contributed by atoms with van der Waals surface area (Å²) in [4.78, 5) is 13.1. The van der Waals surface area contributed by atoms with E-state index in [1.165, 1.54) is 18.4 Å². The van der Waals surface area contributed by atoms with E-state index >= 15 is 0 Å². The Balaban J connectivity index is 1.96. The maximum absolute atomic E-state index is 12.2. The van der Waals surface area contributed by atoms with E-state index in [0.29, 0.717) is 22.8 Å². The fraction of sp³-hybridized carbons (Fsp3) is 0.312. The number of carbonyl (C=O) groups excluding carboxylic acids is 1. The van der Waals surface area contributed by atoms with Crippen LogP contribution >= 0.6 is 22.9 Å². The standard InChI is InChI=1S/C16H18ClNO3S/c1-10(8-13(19)15-4-3-7-22-15)18-16(20)11-5-6-12(17)14(9-11)21-2/h3-7,9-10,13,19H,8H2,1-2H3,(H,18,20)/t10-,13-/m1/s1. The molecule has 0 aliphatic carbocycles. The molecule has 22 heavy (non-hydrogen) atoms. The number of aliphatic hydroxyl groups is 1. The number of hydrogen-bond acceptors (Lipinski definition) is 4. The second kappa shape index (κ2) is 7.63. The first-order valence-corrected chi connectivity index (χ1v) is 8.13. The lowest BCUT2D eigenvalue weighted by Crippen LogP contribution is -2.33. The SMILES string of the molecule is COc1cc(C(=O)N[C@H](C)C[C@@H](O)c2cccs2)ccc1Cl. The van der Waals surface area contributed by atoms with Crippen molar-refractivity contribution in [1.29, 1.82) is 0 Å². The first kappa shape index (κ1) is 16.8. The molecule has 2 rings (SSSR count). The Morgan fingerprint density at radius 2 is 2.23 bits per heavy atom. The monoisotopic (exact) mass is 339 g/mol. The fourth-order valence-corrected chi connectivity index (χ4v) is 3.02. The highest BCUT2D eigenvalue weighted by atomic mass is 35.5. The minimum Gasteiger partial charge on any atom is -0.495 e. The van der Waals surface area contributed by atoms with Gasteiger partial charge in [0, 0.05) is 16.5 Å². The number of hydrogen-bond donors (Lipinski definition) is 2. The van der Waals surface area contributed by atoms with E-state index < -0.39 is 6.10 Å². The molecule has 1 heterocycles. The molecule has 0 spiro atoms. The molecule has 0 unspecified atom stereocenters. The molecule has 2 N–H and O–H groups in total. The Morgan fingerprint density at radius 1 is 1.45 bits per heavy atom. The molecular weight excluding hydrogens is 322 g/mol. The third-order valence-electron chi connectivity index (χ3n) is 3.24. The van der Waals surface area contributed by atoms with E-state index in [0.717, 1.165) is 4.88 Å². The van der Waals surface area contributed by atoms with Crippen LogP contribution in [0.15, 0.2) is 35.7 Å². The smallest absolute Gasteiger partial charge is 0.251 e. The second-order valence-corrected chi connectivity index (χ2v) is 6.38. The molecule has 118 valence electrons. The van der Waals surface area contributed by atoms with Gasteiger partial charge < -0.3 is 15.2 Å². The molecule has 1 aromatic carbocycles. The molecule has 1 aromatic heterocycles. The molecule has 0 aliphatic heterocycles. The van der Waals surface area contributed by atoms with E-state index in [1.54, 1.807) is 18.2 Å². The van der Waals surface area contributed by atoms with Crippen molar-refractivity contribution in [1.82, 2.24) is 5.32 Å². The number of halogens is 1. The van der Waals surface area contributed by atoms with Crippen molar-refractivity contribution in [2.75, 3.05) is 7.11 Å². The highest BCUT2D eigenvalue weighted by Gasteiger charge is 2.16. The van der Waals surface area contributed by atoms with E-state index in [9.17, 15) is 9.90 Å². The van der Waals surface area contributed by atoms with Crippen molar-refractivity contribution in [3.8, 4) is 5.75 Å². The summed E-state index contributed by atoms with van der Waals surface area (Å²) >= 11 is 7.44. The number of benzene rings is 1. The van der Waals surface area contributed by atoms with Gasteiger partial charge in [-0.1, -0.05) is 17.7 Å². The topological polar surface area (TPSA) is 58.6 Å². The van der Waals surface area contributed by atoms with Crippen molar-refractivity contribution < 1.29 is 14.6 Å². The summed E-state index contributed by atoms with van der Waals surface area (Å²) in [7, 11) is 1.50. The Morgan fingerprint density at radius 3 is 2.86 bits per heavy atom. The van der Waals surface area contributed by atoms with E-state index in [2.05, 4.69) is 5.32 Å². The van der Waals surface area contributed by atoms with Gasteiger partial charge in [0.2, 0.25) is 0 Å². The Labute approximate surface area is 138 Å². The zero-order valence-electron chi connectivity index (χ0n) is 12.4. The number of rotatable bonds is 6. The molecule has 0 fully saturated rings. The van der Waals surface area contributed by atoms with Gasteiger partial charge in [-0.3, -0.25) is 4.79 Å². The zero-order chi connectivity index (χ0) is 16.1. The molecule has 0 aliphatic rings. The molecule has 4 nitrogen and oxygen atoms in total. The quantitative estimate of drug-likeness (QED) is 0.844. The predicted molar refractivity (Wildman–Crippen MR) is 88.8 cm³/mol. The largest absolute Gasteiger partial charge is 0.495 e. The maximum atomic E-state index is 12.2. The number of methoxy groups -OCH3 is 1. The third-order valence-corrected chi connectivity index (χ3v) is 4.53. The average molecular weight is 340 g/mol. The predicted octanol–water partition coefficient (Wildman–Crippen LogP) is 3.65. The molecule has 0 saturated carbocycles. The normalized spacial score (nSPS) is 13.5. The summed E-state index contributed by atoms with van der Waals surface area (Å²) < 4.78 is 5.10. The van der Waals surface area contributed by atoms with Gasteiger partial charge in [0.05, 0.1) is 18.2 Å². The summed E-state index contributed by atoms with van der Waals surface area (Å²) in [6, 6.07) is 8.48. The number of carbonyl (C=O) groups is 1. The van der Waals surface area contributed by atoms with Crippen molar-refractivity contribution in [3.05, 3.63) is 51.2 Å². The number of ether oxygens (including phenoxy) is 1. The minimum absolute atomic E-state index is 0.161. The second-order valence-electron chi connectivity index (χ2n) is 4.99. The van der Waals surface area contributed by atoms with Crippen LogP contribution < -0.4 is 10.1 Å². The van der Waals surface area contributed by atoms with Gasteiger partial charge in [0.25, 0.3) is 5.91 Å². The van der Waals surface area contributed by atoms with Gasteiger partial charge in [-0.15, -0.1) is 11.3 Å². The Bertz CT molecular complexity index is 630. The first-order chi connectivity index (χ1) is 10.5. The molecule has 2 atom stereocenters. The van der Waals surface area contributed by atoms with Crippen LogP contribution in [0.1, 0.15) is 34.7 Å². The van der Waals surface area contributed by atoms with E-state index in [4.69, 9.17) is 16.3 Å². The van der Waals surface area contributed by atoms with Crippen LogP contribution in [0.2, 0.25) is 5.02 Å². The van der Waals surface area contributed by atoms with E-state index in [1.807, 2.05) is 24.4 Å². The van der Waals surface area contributed by atoms with Crippen molar-refractivity contribution in [3.63, 3.8) is 0 Å². The molecular formula is C16H18ClNO3S. The highest BCUT2D eigenvalue weighted by molar-refractivity contribution is 7.10. The van der Waals surface area contributed by atoms with Crippen LogP contribution in [0.5, 0.6) is 5.75 Å². The van der Waals surface area contributed by atoms with Gasteiger partial charge in [-0.2, -0.15) is 0 Å². The molecule has 0 radical (unpaired) electrons. The summed E-state index contributed by atoms with van der Waals surface area (Å²) in [6.07, 6.45) is -0.119. The summed E-state index contributed by atoms with van der Waals surface area (Å²) in [5.74, 6) is 0.237. The number of aliphatic hydroxyl groups excluding tert-OH is 1. The molecule has 0 bridgehead atoms. The fourth-order valence-electron chi connectivity index (χ4n) is 2.10. The first-order valence-electron chi connectivity index (χ1n) is 6.87. The number of thiophene rings is 1.